The lowest BCUT2D eigenvalue weighted by molar-refractivity contribution is -0.384. The Kier molecular flexibility index (Phi) is 6.27. The molecule has 0 radical (unpaired) electrons. The molecule has 2 aliphatic rings. The molecule has 0 saturated carbocycles. The van der Waals surface area contributed by atoms with E-state index in [1.54, 1.807) is 0 Å². The molecule has 13 heteroatoms. The van der Waals surface area contributed by atoms with E-state index in [4.69, 9.17) is 4.74 Å². The van der Waals surface area contributed by atoms with Gasteiger partial charge in [-0.3, -0.25) is 29.4 Å². The molecule has 31 heavy (non-hydrogen) atoms. The Balaban J connectivity index is 1.70. The van der Waals surface area contributed by atoms with Crippen LogP contribution in [-0.2, 0) is 23.9 Å². The second-order valence-corrected chi connectivity index (χ2v) is 7.79. The van der Waals surface area contributed by atoms with E-state index in [1.165, 1.54) is 30.8 Å². The van der Waals surface area contributed by atoms with Crippen LogP contribution in [0.2, 0.25) is 0 Å². The number of nitro groups is 1. The molecule has 3 atom stereocenters. The Morgan fingerprint density at radius 1 is 1.35 bits per heavy atom. The van der Waals surface area contributed by atoms with Gasteiger partial charge in [0.2, 0.25) is 0 Å². The van der Waals surface area contributed by atoms with Crippen molar-refractivity contribution in [2.24, 2.45) is 0 Å². The molecule has 1 aromatic carbocycles. The van der Waals surface area contributed by atoms with Gasteiger partial charge in [0.1, 0.15) is 23.7 Å². The van der Waals surface area contributed by atoms with Crippen LogP contribution in [0.15, 0.2) is 35.5 Å². The molecule has 1 fully saturated rings. The van der Waals surface area contributed by atoms with Gasteiger partial charge in [-0.05, 0) is 17.7 Å². The molecule has 1 saturated heterocycles. The number of hydrogen-bond donors (Lipinski definition) is 3. The smallest absolute Gasteiger partial charge is 0.352 e. The van der Waals surface area contributed by atoms with Crippen LogP contribution in [0.5, 0.6) is 0 Å². The molecule has 2 amide bonds. The SMILES string of the molecule is CC(=O)OCC1=C(C(=O)O)N2C(=O)[C@@H](NC(=O)C(O)c3ccc([N+](=O)[O-])cc3)[C@H]2SC1. The molecule has 12 nitrogen and oxygen atoms in total. The van der Waals surface area contributed by atoms with Gasteiger partial charge in [-0.25, -0.2) is 4.79 Å². The molecule has 164 valence electrons. The summed E-state index contributed by atoms with van der Waals surface area (Å²) in [5.74, 6) is -3.37. The number of nitrogens with one attached hydrogen (secondary N) is 1. The Morgan fingerprint density at radius 3 is 2.55 bits per heavy atom. The van der Waals surface area contributed by atoms with E-state index < -0.39 is 46.2 Å². The third-order valence-corrected chi connectivity index (χ3v) is 6.00. The Bertz CT molecular complexity index is 991. The molecule has 0 spiro atoms. The highest BCUT2D eigenvalue weighted by atomic mass is 32.2. The number of aliphatic carboxylic acids is 1. The van der Waals surface area contributed by atoms with Crippen molar-refractivity contribution in [1.29, 1.82) is 0 Å². The number of nitro benzene ring substituents is 1. The average Bonchev–Trinajstić information content (AvgIpc) is 2.74. The molecular formula is C18H17N3O9S. The number of β-lactam (4-membered cyclic amide) rings is 1. The first-order chi connectivity index (χ1) is 14.6. The van der Waals surface area contributed by atoms with Gasteiger partial charge in [0.15, 0.2) is 6.10 Å². The zero-order chi connectivity index (χ0) is 22.9. The van der Waals surface area contributed by atoms with E-state index >= 15 is 0 Å². The van der Waals surface area contributed by atoms with E-state index in [0.717, 1.165) is 17.0 Å². The van der Waals surface area contributed by atoms with Crippen LogP contribution >= 0.6 is 11.8 Å². The predicted octanol–water partition coefficient (Wildman–Crippen LogP) is -0.0701. The van der Waals surface area contributed by atoms with Crippen molar-refractivity contribution in [3.05, 3.63) is 51.2 Å². The third-order valence-electron chi connectivity index (χ3n) is 4.67. The number of fused-ring (bicyclic) bond motifs is 1. The summed E-state index contributed by atoms with van der Waals surface area (Å²) in [6.07, 6.45) is -1.68. The highest BCUT2D eigenvalue weighted by molar-refractivity contribution is 8.00. The fourth-order valence-corrected chi connectivity index (χ4v) is 4.47. The molecule has 2 aliphatic heterocycles. The summed E-state index contributed by atoms with van der Waals surface area (Å²) in [6.45, 7) is 0.909. The summed E-state index contributed by atoms with van der Waals surface area (Å²) in [4.78, 5) is 58.7. The minimum atomic E-state index is -1.68. The van der Waals surface area contributed by atoms with Gasteiger partial charge >= 0.3 is 11.9 Å². The van der Waals surface area contributed by atoms with Crippen molar-refractivity contribution in [2.75, 3.05) is 12.4 Å². The van der Waals surface area contributed by atoms with Crippen molar-refractivity contribution in [3.63, 3.8) is 0 Å². The van der Waals surface area contributed by atoms with Crippen LogP contribution in [-0.4, -0.2) is 67.6 Å². The van der Waals surface area contributed by atoms with Crippen molar-refractivity contribution >= 4 is 41.2 Å². The van der Waals surface area contributed by atoms with Gasteiger partial charge in [-0.1, -0.05) is 0 Å². The summed E-state index contributed by atoms with van der Waals surface area (Å²) >= 11 is 1.18. The molecule has 0 aromatic heterocycles. The fourth-order valence-electron chi connectivity index (χ4n) is 3.14. The van der Waals surface area contributed by atoms with E-state index in [-0.39, 0.29) is 34.9 Å². The number of benzene rings is 1. The van der Waals surface area contributed by atoms with Crippen LogP contribution in [0, 0.1) is 10.1 Å². The first-order valence-corrected chi connectivity index (χ1v) is 9.92. The largest absolute Gasteiger partial charge is 0.477 e. The summed E-state index contributed by atoms with van der Waals surface area (Å²) in [5.41, 5.74) is -0.153. The van der Waals surface area contributed by atoms with Crippen molar-refractivity contribution in [1.82, 2.24) is 10.2 Å². The number of carboxylic acid groups (broad SMARTS) is 1. The molecule has 3 rings (SSSR count). The van der Waals surface area contributed by atoms with Gasteiger partial charge in [0.25, 0.3) is 17.5 Å². The van der Waals surface area contributed by atoms with E-state index in [9.17, 15) is 39.5 Å². The molecule has 2 heterocycles. The summed E-state index contributed by atoms with van der Waals surface area (Å²) in [5, 5.41) is 32.1. The molecule has 1 aromatic rings. The second kappa shape index (κ2) is 8.73. The van der Waals surface area contributed by atoms with Gasteiger partial charge in [-0.2, -0.15) is 0 Å². The number of ether oxygens (including phenoxy) is 1. The maximum Gasteiger partial charge on any atom is 0.352 e. The van der Waals surface area contributed by atoms with Gasteiger partial charge in [-0.15, -0.1) is 11.8 Å². The summed E-state index contributed by atoms with van der Waals surface area (Å²) < 4.78 is 4.84. The predicted molar refractivity (Wildman–Crippen MR) is 104 cm³/mol. The maximum atomic E-state index is 12.5. The van der Waals surface area contributed by atoms with Crippen molar-refractivity contribution in [3.8, 4) is 0 Å². The number of carbonyl (C=O) groups excluding carboxylic acids is 3. The van der Waals surface area contributed by atoms with E-state index in [1.807, 2.05) is 0 Å². The highest BCUT2D eigenvalue weighted by Crippen LogP contribution is 2.40. The Hall–Kier alpha value is -3.45. The minimum Gasteiger partial charge on any atom is -0.477 e. The van der Waals surface area contributed by atoms with Gasteiger partial charge in [0, 0.05) is 30.4 Å². The summed E-state index contributed by atoms with van der Waals surface area (Å²) in [7, 11) is 0. The maximum absolute atomic E-state index is 12.5. The number of rotatable bonds is 7. The molecule has 0 bridgehead atoms. The number of thioether (sulfide) groups is 1. The van der Waals surface area contributed by atoms with Crippen LogP contribution in [0.4, 0.5) is 5.69 Å². The molecular weight excluding hydrogens is 434 g/mol. The van der Waals surface area contributed by atoms with Crippen molar-refractivity contribution in [2.45, 2.75) is 24.4 Å². The monoisotopic (exact) mass is 451 g/mol. The topological polar surface area (TPSA) is 176 Å². The zero-order valence-corrected chi connectivity index (χ0v) is 16.8. The lowest BCUT2D eigenvalue weighted by Crippen LogP contribution is -2.71. The van der Waals surface area contributed by atoms with Gasteiger partial charge < -0.3 is 20.3 Å². The Labute approximate surface area is 179 Å². The quantitative estimate of drug-likeness (QED) is 0.220. The highest BCUT2D eigenvalue weighted by Gasteiger charge is 2.54. The van der Waals surface area contributed by atoms with Crippen LogP contribution in [0.1, 0.15) is 18.6 Å². The van der Waals surface area contributed by atoms with Crippen LogP contribution < -0.4 is 5.32 Å². The number of nitrogens with zero attached hydrogens (tertiary/aromatic N) is 2. The number of non-ortho nitro benzene ring substituents is 1. The third kappa shape index (κ3) is 4.36. The van der Waals surface area contributed by atoms with Crippen LogP contribution in [0.25, 0.3) is 0 Å². The van der Waals surface area contributed by atoms with Crippen molar-refractivity contribution < 1.29 is 39.1 Å². The first-order valence-electron chi connectivity index (χ1n) is 8.88. The van der Waals surface area contributed by atoms with Gasteiger partial charge in [0.05, 0.1) is 4.92 Å². The first kappa shape index (κ1) is 22.2. The number of hydrogen-bond acceptors (Lipinski definition) is 9. The number of carbonyl (C=O) groups is 4. The fraction of sp³-hybridized carbons (Fsp3) is 0.333. The van der Waals surface area contributed by atoms with E-state index in [0.29, 0.717) is 0 Å². The number of aliphatic hydroxyl groups excluding tert-OH is 1. The number of carboxylic acids is 1. The summed E-state index contributed by atoms with van der Waals surface area (Å²) in [6, 6.07) is 3.65. The van der Waals surface area contributed by atoms with Crippen LogP contribution in [0.3, 0.4) is 0 Å². The average molecular weight is 451 g/mol. The standard InChI is InChI=1S/C18H17N3O9S/c1-8(22)30-6-10-7-31-17-12(16(25)20(17)13(10)18(26)27)19-15(24)14(23)9-2-4-11(5-3-9)21(28)29/h2-5,12,14,17,23H,6-7H2,1H3,(H,19,24)(H,26,27)/t12-,14?,17-/m1/s1. The number of esters is 1. The molecule has 1 unspecified atom stereocenters. The number of aliphatic hydroxyl groups is 1. The Morgan fingerprint density at radius 2 is 2.00 bits per heavy atom. The zero-order valence-electron chi connectivity index (χ0n) is 16.0. The molecule has 3 N–H and O–H groups in total. The second-order valence-electron chi connectivity index (χ2n) is 6.68. The van der Waals surface area contributed by atoms with E-state index in [2.05, 4.69) is 5.32 Å². The lowest BCUT2D eigenvalue weighted by Gasteiger charge is -2.49. The normalized spacial score (nSPS) is 21.0. The number of amides is 2. The minimum absolute atomic E-state index is 0.0952. The molecule has 0 aliphatic carbocycles. The lowest BCUT2D eigenvalue weighted by atomic mass is 10.0.